The van der Waals surface area contributed by atoms with E-state index in [9.17, 15) is 0 Å². The lowest BCUT2D eigenvalue weighted by Crippen LogP contribution is -2.15. The van der Waals surface area contributed by atoms with Gasteiger partial charge in [-0.15, -0.1) is 0 Å². The molecule has 0 aliphatic carbocycles. The van der Waals surface area contributed by atoms with Crippen LogP contribution in [0.15, 0.2) is 0 Å². The summed E-state index contributed by atoms with van der Waals surface area (Å²) in [6.45, 7) is -0.729. The molecule has 0 spiro atoms. The van der Waals surface area contributed by atoms with Gasteiger partial charge < -0.3 is 20.1 Å². The van der Waals surface area contributed by atoms with Gasteiger partial charge in [0.25, 0.3) is 0 Å². The Balaban J connectivity index is 0. The van der Waals surface area contributed by atoms with Crippen LogP contribution in [0.2, 0.25) is 0 Å². The Bertz CT molecular complexity index is 35.9. The third kappa shape index (κ3) is 18.1. The third-order valence-corrected chi connectivity index (χ3v) is 0.421. The van der Waals surface area contributed by atoms with E-state index in [1.54, 1.807) is 14.2 Å². The summed E-state index contributed by atoms with van der Waals surface area (Å²) in [6.07, 6.45) is -0.954. The minimum Gasteiger partial charge on any atom is -0.394 e. The fraction of sp³-hybridized carbons (Fsp3) is 1.00. The molecule has 0 heterocycles. The molecule has 0 rings (SSSR count). The summed E-state index contributed by atoms with van der Waals surface area (Å²) in [5, 5.41) is 24.0. The van der Waals surface area contributed by atoms with Gasteiger partial charge in [0.2, 0.25) is 0 Å². The molecule has 0 aromatic rings. The first-order valence-corrected chi connectivity index (χ1v) is 2.52. The van der Waals surface area contributed by atoms with Gasteiger partial charge in [-0.2, -0.15) is 0 Å². The van der Waals surface area contributed by atoms with Crippen molar-refractivity contribution in [1.29, 1.82) is 0 Å². The van der Waals surface area contributed by atoms with Gasteiger partial charge in [-0.3, -0.25) is 0 Å². The lowest BCUT2D eigenvalue weighted by Gasteiger charge is -1.96. The van der Waals surface area contributed by atoms with E-state index in [2.05, 4.69) is 4.74 Å². The smallest absolute Gasteiger partial charge is 0.100 e. The number of aliphatic hydroxyl groups is 3. The molecule has 0 saturated carbocycles. The van der Waals surface area contributed by atoms with Crippen molar-refractivity contribution >= 4 is 0 Å². The number of hydrogen-bond donors (Lipinski definition) is 3. The highest BCUT2D eigenvalue weighted by atomic mass is 16.4. The molecule has 0 saturated heterocycles. The second-order valence-electron chi connectivity index (χ2n) is 1.43. The van der Waals surface area contributed by atoms with Gasteiger partial charge in [0.05, 0.1) is 13.2 Å². The van der Waals surface area contributed by atoms with E-state index in [1.807, 2.05) is 0 Å². The fourth-order valence-electron chi connectivity index (χ4n) is 0.0577. The summed E-state index contributed by atoms with van der Waals surface area (Å²) in [5.41, 5.74) is 0. The highest BCUT2D eigenvalue weighted by Crippen LogP contribution is 1.71. The molecule has 0 aromatic carbocycles. The Morgan fingerprint density at radius 1 is 1.22 bits per heavy atom. The summed E-state index contributed by atoms with van der Waals surface area (Å²) in [6, 6.07) is 0. The molecule has 0 aromatic heterocycles. The molecule has 0 unspecified atom stereocenters. The maximum atomic E-state index is 8.17. The van der Waals surface area contributed by atoms with Gasteiger partial charge in [0.1, 0.15) is 6.10 Å². The van der Waals surface area contributed by atoms with Crippen molar-refractivity contribution in [3.05, 3.63) is 0 Å². The molecule has 0 bridgehead atoms. The van der Waals surface area contributed by atoms with Crippen LogP contribution in [-0.4, -0.2) is 48.9 Å². The Hall–Kier alpha value is -0.160. The van der Waals surface area contributed by atoms with Gasteiger partial charge in [0, 0.05) is 14.2 Å². The van der Waals surface area contributed by atoms with Gasteiger partial charge in [0.15, 0.2) is 0 Å². The van der Waals surface area contributed by atoms with Crippen molar-refractivity contribution in [3.8, 4) is 0 Å². The Kier molecular flexibility index (Phi) is 13.9. The predicted octanol–water partition coefficient (Wildman–Crippen LogP) is -1.41. The molecule has 4 heteroatoms. The number of hydrogen-bond acceptors (Lipinski definition) is 4. The number of aliphatic hydroxyl groups excluding tert-OH is 3. The standard InChI is InChI=1S/C3H8O3.C2H6O/c4-1-3(6)2-5;1-3-2/h3-6H,1-2H2;1-2H3. The number of rotatable bonds is 2. The first-order chi connectivity index (χ1) is 4.22. The summed E-state index contributed by atoms with van der Waals surface area (Å²) in [5.74, 6) is 0. The summed E-state index contributed by atoms with van der Waals surface area (Å²) < 4.78 is 4.25. The van der Waals surface area contributed by atoms with E-state index < -0.39 is 6.10 Å². The molecule has 0 aliphatic rings. The third-order valence-electron chi connectivity index (χ3n) is 0.421. The normalized spacial score (nSPS) is 8.67. The van der Waals surface area contributed by atoms with Crippen molar-refractivity contribution in [3.63, 3.8) is 0 Å². The highest BCUT2D eigenvalue weighted by Gasteiger charge is 1.93. The van der Waals surface area contributed by atoms with Crippen LogP contribution >= 0.6 is 0 Å². The van der Waals surface area contributed by atoms with E-state index in [4.69, 9.17) is 15.3 Å². The van der Waals surface area contributed by atoms with E-state index in [0.29, 0.717) is 0 Å². The first kappa shape index (κ1) is 11.6. The van der Waals surface area contributed by atoms with Crippen LogP contribution in [0.1, 0.15) is 0 Å². The van der Waals surface area contributed by atoms with E-state index in [-0.39, 0.29) is 13.2 Å². The minimum absolute atomic E-state index is 0.365. The van der Waals surface area contributed by atoms with Gasteiger partial charge in [-0.25, -0.2) is 0 Å². The zero-order valence-corrected chi connectivity index (χ0v) is 5.74. The van der Waals surface area contributed by atoms with Crippen LogP contribution < -0.4 is 0 Å². The van der Waals surface area contributed by atoms with Crippen LogP contribution in [0.25, 0.3) is 0 Å². The van der Waals surface area contributed by atoms with Crippen molar-refractivity contribution < 1.29 is 20.1 Å². The average molecular weight is 138 g/mol. The molecular weight excluding hydrogens is 124 g/mol. The predicted molar refractivity (Wildman–Crippen MR) is 33.1 cm³/mol. The quantitative estimate of drug-likeness (QED) is 0.438. The molecule has 3 N–H and O–H groups in total. The molecule has 0 radical (unpaired) electrons. The van der Waals surface area contributed by atoms with Crippen molar-refractivity contribution in [2.75, 3.05) is 27.4 Å². The summed E-state index contributed by atoms with van der Waals surface area (Å²) in [4.78, 5) is 0. The van der Waals surface area contributed by atoms with Crippen LogP contribution in [0, 0.1) is 0 Å². The molecule has 0 amide bonds. The zero-order chi connectivity index (χ0) is 7.70. The lowest BCUT2D eigenvalue weighted by molar-refractivity contribution is 0.0450. The second-order valence-corrected chi connectivity index (χ2v) is 1.43. The Labute approximate surface area is 54.7 Å². The van der Waals surface area contributed by atoms with Crippen molar-refractivity contribution in [1.82, 2.24) is 0 Å². The molecule has 4 nitrogen and oxygen atoms in total. The Morgan fingerprint density at radius 3 is 1.44 bits per heavy atom. The van der Waals surface area contributed by atoms with E-state index >= 15 is 0 Å². The lowest BCUT2D eigenvalue weighted by atomic mass is 10.4. The minimum atomic E-state index is -0.954. The highest BCUT2D eigenvalue weighted by molar-refractivity contribution is 4.43. The average Bonchev–Trinajstić information content (AvgIpc) is 1.88. The van der Waals surface area contributed by atoms with Gasteiger partial charge in [-0.05, 0) is 0 Å². The SMILES string of the molecule is COC.OCC(O)CO. The molecule has 0 atom stereocenters. The van der Waals surface area contributed by atoms with Crippen LogP contribution in [0.4, 0.5) is 0 Å². The van der Waals surface area contributed by atoms with Crippen LogP contribution in [0.3, 0.4) is 0 Å². The van der Waals surface area contributed by atoms with Crippen molar-refractivity contribution in [2.45, 2.75) is 6.10 Å². The summed E-state index contributed by atoms with van der Waals surface area (Å²) >= 11 is 0. The van der Waals surface area contributed by atoms with Gasteiger partial charge in [-0.1, -0.05) is 0 Å². The maximum absolute atomic E-state index is 8.17. The Morgan fingerprint density at radius 2 is 1.44 bits per heavy atom. The topological polar surface area (TPSA) is 69.9 Å². The zero-order valence-electron chi connectivity index (χ0n) is 5.74. The molecule has 9 heavy (non-hydrogen) atoms. The van der Waals surface area contributed by atoms with Crippen LogP contribution in [0.5, 0.6) is 0 Å². The van der Waals surface area contributed by atoms with Crippen LogP contribution in [-0.2, 0) is 4.74 Å². The molecular formula is C5H14O4. The van der Waals surface area contributed by atoms with E-state index in [0.717, 1.165) is 0 Å². The molecule has 0 fully saturated rings. The largest absolute Gasteiger partial charge is 0.394 e. The first-order valence-electron chi connectivity index (χ1n) is 2.52. The molecule has 0 aliphatic heterocycles. The maximum Gasteiger partial charge on any atom is 0.100 e. The summed E-state index contributed by atoms with van der Waals surface area (Å²) in [7, 11) is 3.25. The van der Waals surface area contributed by atoms with Gasteiger partial charge >= 0.3 is 0 Å². The second kappa shape index (κ2) is 10.8. The van der Waals surface area contributed by atoms with E-state index in [1.165, 1.54) is 0 Å². The van der Waals surface area contributed by atoms with Crippen molar-refractivity contribution in [2.24, 2.45) is 0 Å². The molecule has 58 valence electrons. The monoisotopic (exact) mass is 138 g/mol. The number of methoxy groups -OCH3 is 1. The number of ether oxygens (including phenoxy) is 1. The fourth-order valence-corrected chi connectivity index (χ4v) is 0.0577.